The summed E-state index contributed by atoms with van der Waals surface area (Å²) in [5, 5.41) is 14.3. The van der Waals surface area contributed by atoms with E-state index in [0.29, 0.717) is 5.82 Å². The van der Waals surface area contributed by atoms with E-state index < -0.39 is 4.92 Å². The molecule has 21 heavy (non-hydrogen) atoms. The Hall–Kier alpha value is -2.34. The maximum absolute atomic E-state index is 11.0. The van der Waals surface area contributed by atoms with Crippen LogP contribution < -0.4 is 10.1 Å². The van der Waals surface area contributed by atoms with E-state index in [1.54, 1.807) is 18.2 Å². The van der Waals surface area contributed by atoms with E-state index in [4.69, 9.17) is 16.3 Å². The number of nitrogens with one attached hydrogen (secondary N) is 1. The van der Waals surface area contributed by atoms with Crippen molar-refractivity contribution in [1.29, 1.82) is 0 Å². The molecule has 0 saturated heterocycles. The van der Waals surface area contributed by atoms with Gasteiger partial charge < -0.3 is 10.1 Å². The average Bonchev–Trinajstić information content (AvgIpc) is 2.47. The number of aromatic nitrogens is 1. The Labute approximate surface area is 126 Å². The fourth-order valence-electron chi connectivity index (χ4n) is 1.67. The highest BCUT2D eigenvalue weighted by molar-refractivity contribution is 6.32. The van der Waals surface area contributed by atoms with Crippen LogP contribution in [0.3, 0.4) is 0 Å². The van der Waals surface area contributed by atoms with Crippen molar-refractivity contribution in [1.82, 2.24) is 4.98 Å². The van der Waals surface area contributed by atoms with E-state index >= 15 is 0 Å². The van der Waals surface area contributed by atoms with Crippen LogP contribution in [-0.2, 0) is 0 Å². The molecule has 0 atom stereocenters. The van der Waals surface area contributed by atoms with Crippen LogP contribution in [0.25, 0.3) is 0 Å². The van der Waals surface area contributed by atoms with Gasteiger partial charge in [-0.15, -0.1) is 0 Å². The minimum Gasteiger partial charge on any atom is -0.430 e. The number of ether oxygens (including phenoxy) is 1. The predicted octanol–water partition coefficient (Wildman–Crippen LogP) is 4.26. The summed E-state index contributed by atoms with van der Waals surface area (Å²) < 4.78 is 5.50. The number of hydrogen-bond acceptors (Lipinski definition) is 5. The second-order valence-corrected chi connectivity index (χ2v) is 4.64. The van der Waals surface area contributed by atoms with Gasteiger partial charge in [-0.2, -0.15) is 4.98 Å². The molecule has 0 saturated carbocycles. The number of para-hydroxylation sites is 1. The summed E-state index contributed by atoms with van der Waals surface area (Å²) in [6, 6.07) is 9.53. The number of anilines is 1. The zero-order chi connectivity index (χ0) is 15.2. The summed E-state index contributed by atoms with van der Waals surface area (Å²) in [6.45, 7) is 2.82. The minimum atomic E-state index is -0.541. The molecule has 0 aliphatic heterocycles. The van der Waals surface area contributed by atoms with Crippen LogP contribution in [0, 0.1) is 10.1 Å². The predicted molar refractivity (Wildman–Crippen MR) is 81.2 cm³/mol. The first-order chi connectivity index (χ1) is 10.1. The molecule has 1 aromatic heterocycles. The standard InChI is InChI=1S/C14H14ClN3O3/c1-2-9-16-12-7-4-8-13(17-12)21-14-10(15)5-3-6-11(14)18(19)20/h3-8H,2,9H2,1H3,(H,16,17). The zero-order valence-electron chi connectivity index (χ0n) is 11.4. The maximum Gasteiger partial charge on any atom is 0.313 e. The Kier molecular flexibility index (Phi) is 4.94. The molecule has 7 heteroatoms. The molecule has 1 heterocycles. The lowest BCUT2D eigenvalue weighted by Crippen LogP contribution is -2.02. The monoisotopic (exact) mass is 307 g/mol. The van der Waals surface area contributed by atoms with Crippen molar-refractivity contribution in [2.75, 3.05) is 11.9 Å². The molecular weight excluding hydrogens is 294 g/mol. The van der Waals surface area contributed by atoms with Gasteiger partial charge in [0.1, 0.15) is 5.82 Å². The molecule has 2 aromatic rings. The van der Waals surface area contributed by atoms with Crippen LogP contribution in [0.15, 0.2) is 36.4 Å². The molecule has 0 radical (unpaired) electrons. The van der Waals surface area contributed by atoms with E-state index in [1.165, 1.54) is 18.2 Å². The lowest BCUT2D eigenvalue weighted by atomic mass is 10.3. The van der Waals surface area contributed by atoms with Gasteiger partial charge in [0, 0.05) is 18.7 Å². The first-order valence-corrected chi connectivity index (χ1v) is 6.81. The summed E-state index contributed by atoms with van der Waals surface area (Å²) in [5.74, 6) is 0.876. The number of nitro benzene ring substituents is 1. The summed E-state index contributed by atoms with van der Waals surface area (Å²) in [5.41, 5.74) is -0.198. The van der Waals surface area contributed by atoms with Crippen LogP contribution >= 0.6 is 11.6 Å². The van der Waals surface area contributed by atoms with Crippen molar-refractivity contribution in [3.05, 3.63) is 51.5 Å². The van der Waals surface area contributed by atoms with Gasteiger partial charge in [0.15, 0.2) is 0 Å². The van der Waals surface area contributed by atoms with Crippen LogP contribution in [0.1, 0.15) is 13.3 Å². The van der Waals surface area contributed by atoms with Crippen molar-refractivity contribution >= 4 is 23.1 Å². The van der Waals surface area contributed by atoms with E-state index in [0.717, 1.165) is 13.0 Å². The number of nitrogens with zero attached hydrogens (tertiary/aromatic N) is 2. The first kappa shape index (κ1) is 15.1. The summed E-state index contributed by atoms with van der Waals surface area (Å²) >= 11 is 5.97. The Bertz CT molecular complexity index is 649. The molecule has 0 bridgehead atoms. The third kappa shape index (κ3) is 3.82. The molecule has 1 N–H and O–H groups in total. The lowest BCUT2D eigenvalue weighted by Gasteiger charge is -2.09. The normalized spacial score (nSPS) is 10.2. The maximum atomic E-state index is 11.0. The third-order valence-corrected chi connectivity index (χ3v) is 2.93. The number of pyridine rings is 1. The van der Waals surface area contributed by atoms with Crippen LogP contribution in [0.5, 0.6) is 11.6 Å². The van der Waals surface area contributed by atoms with Crippen LogP contribution in [0.4, 0.5) is 11.5 Å². The van der Waals surface area contributed by atoms with E-state index in [1.807, 2.05) is 6.92 Å². The molecule has 0 fully saturated rings. The van der Waals surface area contributed by atoms with E-state index in [9.17, 15) is 10.1 Å². The third-order valence-electron chi connectivity index (χ3n) is 2.63. The van der Waals surface area contributed by atoms with E-state index in [2.05, 4.69) is 10.3 Å². The Balaban J connectivity index is 2.28. The molecule has 110 valence electrons. The highest BCUT2D eigenvalue weighted by atomic mass is 35.5. The highest BCUT2D eigenvalue weighted by Gasteiger charge is 2.19. The fraction of sp³-hybridized carbons (Fsp3) is 0.214. The van der Waals surface area contributed by atoms with Crippen molar-refractivity contribution in [3.63, 3.8) is 0 Å². The quantitative estimate of drug-likeness (QED) is 0.637. The Morgan fingerprint density at radius 2 is 2.10 bits per heavy atom. The first-order valence-electron chi connectivity index (χ1n) is 6.43. The number of rotatable bonds is 6. The minimum absolute atomic E-state index is 0.00990. The van der Waals surface area contributed by atoms with Gasteiger partial charge in [0.25, 0.3) is 0 Å². The van der Waals surface area contributed by atoms with Crippen molar-refractivity contribution in [3.8, 4) is 11.6 Å². The number of halogens is 1. The van der Waals surface area contributed by atoms with Gasteiger partial charge in [-0.3, -0.25) is 10.1 Å². The highest BCUT2D eigenvalue weighted by Crippen LogP contribution is 2.37. The second kappa shape index (κ2) is 6.90. The van der Waals surface area contributed by atoms with Gasteiger partial charge in [0.05, 0.1) is 9.95 Å². The second-order valence-electron chi connectivity index (χ2n) is 4.24. The Morgan fingerprint density at radius 1 is 1.33 bits per heavy atom. The van der Waals surface area contributed by atoms with Crippen molar-refractivity contribution < 1.29 is 9.66 Å². The molecule has 0 spiro atoms. The van der Waals surface area contributed by atoms with Gasteiger partial charge >= 0.3 is 5.69 Å². The SMILES string of the molecule is CCCNc1cccc(Oc2c(Cl)cccc2[N+](=O)[O-])n1. The van der Waals surface area contributed by atoms with Crippen LogP contribution in [-0.4, -0.2) is 16.5 Å². The molecule has 2 rings (SSSR count). The van der Waals surface area contributed by atoms with Gasteiger partial charge in [-0.1, -0.05) is 30.7 Å². The lowest BCUT2D eigenvalue weighted by molar-refractivity contribution is -0.385. The zero-order valence-corrected chi connectivity index (χ0v) is 12.1. The number of hydrogen-bond donors (Lipinski definition) is 1. The van der Waals surface area contributed by atoms with Crippen molar-refractivity contribution in [2.24, 2.45) is 0 Å². The molecule has 1 aromatic carbocycles. The van der Waals surface area contributed by atoms with Crippen molar-refractivity contribution in [2.45, 2.75) is 13.3 Å². The smallest absolute Gasteiger partial charge is 0.313 e. The van der Waals surface area contributed by atoms with Gasteiger partial charge in [-0.05, 0) is 18.6 Å². The Morgan fingerprint density at radius 3 is 2.81 bits per heavy atom. The molecular formula is C14H14ClN3O3. The molecule has 0 unspecified atom stereocenters. The average molecular weight is 308 g/mol. The van der Waals surface area contributed by atoms with Gasteiger partial charge in [0.2, 0.25) is 11.6 Å². The summed E-state index contributed by atoms with van der Waals surface area (Å²) in [6.07, 6.45) is 0.961. The topological polar surface area (TPSA) is 77.3 Å². The molecule has 0 aliphatic rings. The summed E-state index contributed by atoms with van der Waals surface area (Å²) in [4.78, 5) is 14.7. The fourth-order valence-corrected chi connectivity index (χ4v) is 1.88. The number of benzene rings is 1. The molecule has 0 amide bonds. The van der Waals surface area contributed by atoms with Gasteiger partial charge in [-0.25, -0.2) is 0 Å². The molecule has 6 nitrogen and oxygen atoms in total. The number of nitro groups is 1. The summed E-state index contributed by atoms with van der Waals surface area (Å²) in [7, 11) is 0. The van der Waals surface area contributed by atoms with Crippen LogP contribution in [0.2, 0.25) is 5.02 Å². The molecule has 0 aliphatic carbocycles. The largest absolute Gasteiger partial charge is 0.430 e. The van der Waals surface area contributed by atoms with E-state index in [-0.39, 0.29) is 22.3 Å².